The average molecular weight is 238 g/mol. The van der Waals surface area contributed by atoms with Gasteiger partial charge in [0, 0.05) is 13.0 Å². The molecule has 2 rings (SSSR count). The van der Waals surface area contributed by atoms with E-state index in [1.807, 2.05) is 13.8 Å². The number of carbonyl (C=O) groups excluding carboxylic acids is 2. The van der Waals surface area contributed by atoms with Crippen molar-refractivity contribution in [2.75, 3.05) is 6.54 Å². The lowest BCUT2D eigenvalue weighted by Crippen LogP contribution is -2.57. The maximum Gasteiger partial charge on any atom is 0.235 e. The molecule has 0 atom stereocenters. The fourth-order valence-electron chi connectivity index (χ4n) is 3.16. The second-order valence-electron chi connectivity index (χ2n) is 6.08. The highest BCUT2D eigenvalue weighted by molar-refractivity contribution is 6.06. The summed E-state index contributed by atoms with van der Waals surface area (Å²) < 4.78 is 0. The fraction of sp³-hybridized carbons (Fsp3) is 0.846. The third-order valence-electron chi connectivity index (χ3n) is 4.26. The van der Waals surface area contributed by atoms with Gasteiger partial charge in [-0.1, -0.05) is 33.1 Å². The highest BCUT2D eigenvalue weighted by Gasteiger charge is 2.53. The Labute approximate surface area is 103 Å². The molecule has 0 aromatic rings. The molecule has 4 nitrogen and oxygen atoms in total. The molecule has 4 heteroatoms. The quantitative estimate of drug-likeness (QED) is 0.740. The van der Waals surface area contributed by atoms with E-state index in [2.05, 4.69) is 0 Å². The molecule has 1 aliphatic heterocycles. The summed E-state index contributed by atoms with van der Waals surface area (Å²) in [6, 6.07) is 0. The number of nitrogens with two attached hydrogens (primary N) is 1. The van der Waals surface area contributed by atoms with Crippen LogP contribution in [0, 0.1) is 5.41 Å². The maximum atomic E-state index is 12.4. The molecule has 0 unspecified atom stereocenters. The van der Waals surface area contributed by atoms with Gasteiger partial charge in [-0.3, -0.25) is 14.5 Å². The van der Waals surface area contributed by atoms with Crippen LogP contribution in [0.5, 0.6) is 0 Å². The van der Waals surface area contributed by atoms with Crippen LogP contribution in [-0.2, 0) is 9.59 Å². The van der Waals surface area contributed by atoms with Crippen LogP contribution >= 0.6 is 0 Å². The van der Waals surface area contributed by atoms with Gasteiger partial charge in [-0.2, -0.15) is 0 Å². The highest BCUT2D eigenvalue weighted by atomic mass is 16.2. The minimum Gasteiger partial charge on any atom is -0.328 e. The second-order valence-corrected chi connectivity index (χ2v) is 6.08. The van der Waals surface area contributed by atoms with Gasteiger partial charge in [0.25, 0.3) is 0 Å². The predicted octanol–water partition coefficient (Wildman–Crippen LogP) is 1.43. The van der Waals surface area contributed by atoms with E-state index in [9.17, 15) is 9.59 Å². The number of hydrogen-bond donors (Lipinski definition) is 1. The Kier molecular flexibility index (Phi) is 3.02. The van der Waals surface area contributed by atoms with Crippen LogP contribution < -0.4 is 5.73 Å². The molecule has 0 spiro atoms. The molecule has 1 saturated carbocycles. The van der Waals surface area contributed by atoms with E-state index in [0.29, 0.717) is 13.0 Å². The summed E-state index contributed by atoms with van der Waals surface area (Å²) in [6.07, 6.45) is 5.38. The van der Waals surface area contributed by atoms with Crippen LogP contribution in [0.25, 0.3) is 0 Å². The Morgan fingerprint density at radius 2 is 1.76 bits per heavy atom. The van der Waals surface area contributed by atoms with E-state index in [1.165, 1.54) is 11.3 Å². The standard InChI is InChI=1S/C13H22N2O2/c1-12(2)8-10(16)15(11(12)17)13(9-14)6-4-3-5-7-13/h3-9,14H2,1-2H3. The number of hydrogen-bond acceptors (Lipinski definition) is 3. The lowest BCUT2D eigenvalue weighted by molar-refractivity contribution is -0.149. The van der Waals surface area contributed by atoms with Crippen LogP contribution in [0.15, 0.2) is 0 Å². The first-order chi connectivity index (χ1) is 7.93. The fourth-order valence-corrected chi connectivity index (χ4v) is 3.16. The topological polar surface area (TPSA) is 63.4 Å². The molecule has 0 aromatic carbocycles. The van der Waals surface area contributed by atoms with Crippen molar-refractivity contribution >= 4 is 11.8 Å². The van der Waals surface area contributed by atoms with Gasteiger partial charge in [-0.05, 0) is 12.8 Å². The van der Waals surface area contributed by atoms with E-state index in [0.717, 1.165) is 25.7 Å². The number of imide groups is 1. The van der Waals surface area contributed by atoms with Crippen LogP contribution in [0.4, 0.5) is 0 Å². The Morgan fingerprint density at radius 3 is 2.18 bits per heavy atom. The van der Waals surface area contributed by atoms with Gasteiger partial charge < -0.3 is 5.73 Å². The van der Waals surface area contributed by atoms with Crippen LogP contribution in [0.1, 0.15) is 52.4 Å². The summed E-state index contributed by atoms with van der Waals surface area (Å²) in [7, 11) is 0. The van der Waals surface area contributed by atoms with Crippen molar-refractivity contribution in [2.24, 2.45) is 11.1 Å². The number of likely N-dealkylation sites (tertiary alicyclic amines) is 1. The normalized spacial score (nSPS) is 27.6. The van der Waals surface area contributed by atoms with Crippen molar-refractivity contribution < 1.29 is 9.59 Å². The van der Waals surface area contributed by atoms with E-state index >= 15 is 0 Å². The summed E-state index contributed by atoms with van der Waals surface area (Å²) in [5.41, 5.74) is 4.95. The average Bonchev–Trinajstić information content (AvgIpc) is 2.49. The first-order valence-corrected chi connectivity index (χ1v) is 6.51. The van der Waals surface area contributed by atoms with Crippen molar-refractivity contribution in [2.45, 2.75) is 57.9 Å². The molecule has 17 heavy (non-hydrogen) atoms. The SMILES string of the molecule is CC1(C)CC(=O)N(C2(CN)CCCCC2)C1=O. The lowest BCUT2D eigenvalue weighted by Gasteiger charge is -2.43. The molecule has 1 aliphatic carbocycles. The highest BCUT2D eigenvalue weighted by Crippen LogP contribution is 2.41. The van der Waals surface area contributed by atoms with E-state index < -0.39 is 5.41 Å². The second kappa shape index (κ2) is 4.09. The third-order valence-corrected chi connectivity index (χ3v) is 4.26. The summed E-state index contributed by atoms with van der Waals surface area (Å²) in [5.74, 6) is -0.0674. The molecule has 0 bridgehead atoms. The van der Waals surface area contributed by atoms with Crippen LogP contribution in [0.3, 0.4) is 0 Å². The number of carbonyl (C=O) groups is 2. The van der Waals surface area contributed by atoms with Crippen molar-refractivity contribution in [3.05, 3.63) is 0 Å². The molecule has 96 valence electrons. The number of amides is 2. The summed E-state index contributed by atoms with van der Waals surface area (Å²) in [4.78, 5) is 26.0. The monoisotopic (exact) mass is 238 g/mol. The lowest BCUT2D eigenvalue weighted by atomic mass is 9.80. The van der Waals surface area contributed by atoms with E-state index in [4.69, 9.17) is 5.73 Å². The summed E-state index contributed by atoms with van der Waals surface area (Å²) in [5, 5.41) is 0. The molecular weight excluding hydrogens is 216 g/mol. The van der Waals surface area contributed by atoms with E-state index in [-0.39, 0.29) is 17.4 Å². The van der Waals surface area contributed by atoms with Gasteiger partial charge in [0.05, 0.1) is 11.0 Å². The molecule has 2 aliphatic rings. The zero-order valence-electron chi connectivity index (χ0n) is 10.8. The molecular formula is C13H22N2O2. The Balaban J connectivity index is 2.31. The molecule has 0 aromatic heterocycles. The number of rotatable bonds is 2. The van der Waals surface area contributed by atoms with Crippen molar-refractivity contribution in [1.82, 2.24) is 4.90 Å². The first-order valence-electron chi connectivity index (χ1n) is 6.51. The van der Waals surface area contributed by atoms with Gasteiger partial charge in [0.2, 0.25) is 11.8 Å². The smallest absolute Gasteiger partial charge is 0.235 e. The van der Waals surface area contributed by atoms with Crippen molar-refractivity contribution in [3.8, 4) is 0 Å². The molecule has 1 heterocycles. The molecule has 2 fully saturated rings. The van der Waals surface area contributed by atoms with Gasteiger partial charge in [-0.15, -0.1) is 0 Å². The molecule has 2 amide bonds. The van der Waals surface area contributed by atoms with Crippen LogP contribution in [0.2, 0.25) is 0 Å². The summed E-state index contributed by atoms with van der Waals surface area (Å²) in [6.45, 7) is 4.10. The Hall–Kier alpha value is -0.900. The van der Waals surface area contributed by atoms with Gasteiger partial charge in [-0.25, -0.2) is 0 Å². The minimum absolute atomic E-state index is 0.0325. The maximum absolute atomic E-state index is 12.4. The molecule has 0 radical (unpaired) electrons. The van der Waals surface area contributed by atoms with Gasteiger partial charge >= 0.3 is 0 Å². The molecule has 2 N–H and O–H groups in total. The first kappa shape index (κ1) is 12.6. The largest absolute Gasteiger partial charge is 0.328 e. The number of nitrogens with zero attached hydrogens (tertiary/aromatic N) is 1. The predicted molar refractivity (Wildman–Crippen MR) is 65.1 cm³/mol. The zero-order valence-corrected chi connectivity index (χ0v) is 10.8. The molecule has 1 saturated heterocycles. The van der Waals surface area contributed by atoms with Crippen LogP contribution in [-0.4, -0.2) is 28.8 Å². The van der Waals surface area contributed by atoms with Gasteiger partial charge in [0.15, 0.2) is 0 Å². The van der Waals surface area contributed by atoms with Crippen molar-refractivity contribution in [1.29, 1.82) is 0 Å². The van der Waals surface area contributed by atoms with E-state index in [1.54, 1.807) is 0 Å². The Morgan fingerprint density at radius 1 is 1.18 bits per heavy atom. The van der Waals surface area contributed by atoms with Gasteiger partial charge in [0.1, 0.15) is 0 Å². The minimum atomic E-state index is -0.545. The summed E-state index contributed by atoms with van der Waals surface area (Å²) >= 11 is 0. The third kappa shape index (κ3) is 1.88. The zero-order chi connectivity index (χ0) is 12.7. The Bertz CT molecular complexity index is 343. The van der Waals surface area contributed by atoms with Crippen molar-refractivity contribution in [3.63, 3.8) is 0 Å².